The van der Waals surface area contributed by atoms with E-state index >= 15 is 0 Å². The molecular formula is C28H36O3P. The monoisotopic (exact) mass is 451 g/mol. The van der Waals surface area contributed by atoms with Crippen molar-refractivity contribution in [3.63, 3.8) is 0 Å². The van der Waals surface area contributed by atoms with Gasteiger partial charge in [-0.2, -0.15) is 0 Å². The fourth-order valence-corrected chi connectivity index (χ4v) is 7.25. The van der Waals surface area contributed by atoms with Crippen molar-refractivity contribution in [1.29, 1.82) is 0 Å². The van der Waals surface area contributed by atoms with Crippen LogP contribution < -0.4 is 0 Å². The molecule has 0 aromatic heterocycles. The van der Waals surface area contributed by atoms with Crippen molar-refractivity contribution in [3.8, 4) is 0 Å². The zero-order valence-corrected chi connectivity index (χ0v) is 21.7. The van der Waals surface area contributed by atoms with Crippen molar-refractivity contribution < 1.29 is 14.2 Å². The van der Waals surface area contributed by atoms with Crippen molar-refractivity contribution in [2.45, 2.75) is 91.6 Å². The minimum atomic E-state index is -2.41. The van der Waals surface area contributed by atoms with Gasteiger partial charge in [0.25, 0.3) is 0 Å². The van der Waals surface area contributed by atoms with Crippen LogP contribution in [0.4, 0.5) is 0 Å². The van der Waals surface area contributed by atoms with E-state index < -0.39 is 13.0 Å². The SMILES string of the molecule is Cc1cc(C)c(C(=O)C2([P](=O)C(=O)c3c(C)cc(C(C)(C)C)cc3C)CCCC2)c(C)c1. The van der Waals surface area contributed by atoms with Crippen LogP contribution in [0.25, 0.3) is 0 Å². The molecule has 0 bridgehead atoms. The average Bonchev–Trinajstić information content (AvgIpc) is 3.16. The van der Waals surface area contributed by atoms with Crippen LogP contribution in [0, 0.1) is 34.6 Å². The van der Waals surface area contributed by atoms with Crippen molar-refractivity contribution in [2.75, 3.05) is 0 Å². The highest BCUT2D eigenvalue weighted by Crippen LogP contribution is 2.54. The minimum Gasteiger partial charge on any atom is -0.293 e. The van der Waals surface area contributed by atoms with Crippen LogP contribution in [0.2, 0.25) is 0 Å². The van der Waals surface area contributed by atoms with Gasteiger partial charge < -0.3 is 0 Å². The van der Waals surface area contributed by atoms with E-state index in [1.807, 2.05) is 58.9 Å². The van der Waals surface area contributed by atoms with Crippen LogP contribution in [-0.4, -0.2) is 16.5 Å². The molecule has 2 aromatic carbocycles. The van der Waals surface area contributed by atoms with E-state index in [2.05, 4.69) is 20.8 Å². The van der Waals surface area contributed by atoms with Crippen LogP contribution in [0.15, 0.2) is 24.3 Å². The van der Waals surface area contributed by atoms with Crippen molar-refractivity contribution >= 4 is 19.1 Å². The molecule has 0 spiro atoms. The Kier molecular flexibility index (Phi) is 6.64. The maximum Gasteiger partial charge on any atom is 0.243 e. The Balaban J connectivity index is 2.08. The molecule has 1 aliphatic carbocycles. The van der Waals surface area contributed by atoms with Gasteiger partial charge in [0.15, 0.2) is 13.6 Å². The van der Waals surface area contributed by atoms with Gasteiger partial charge in [-0.1, -0.05) is 63.4 Å². The number of hydrogen-bond donors (Lipinski definition) is 0. The molecule has 1 unspecified atom stereocenters. The van der Waals surface area contributed by atoms with E-state index in [-0.39, 0.29) is 16.7 Å². The predicted molar refractivity (Wildman–Crippen MR) is 133 cm³/mol. The molecule has 0 N–H and O–H groups in total. The third-order valence-corrected chi connectivity index (χ3v) is 8.96. The Bertz CT molecular complexity index is 1070. The number of benzene rings is 2. The number of aryl methyl sites for hydroxylation is 5. The summed E-state index contributed by atoms with van der Waals surface area (Å²) in [6.45, 7) is 16.1. The van der Waals surface area contributed by atoms with Gasteiger partial charge in [-0.05, 0) is 80.7 Å². The molecule has 1 atom stereocenters. The molecule has 1 fully saturated rings. The largest absolute Gasteiger partial charge is 0.293 e. The molecule has 3 rings (SSSR count). The van der Waals surface area contributed by atoms with Crippen molar-refractivity contribution in [3.05, 3.63) is 68.8 Å². The summed E-state index contributed by atoms with van der Waals surface area (Å²) in [5.74, 6) is -0.110. The lowest BCUT2D eigenvalue weighted by atomic mass is 9.84. The summed E-state index contributed by atoms with van der Waals surface area (Å²) in [6, 6.07) is 8.05. The molecule has 1 saturated carbocycles. The molecule has 0 saturated heterocycles. The number of ketones is 1. The van der Waals surface area contributed by atoms with E-state index in [9.17, 15) is 14.2 Å². The van der Waals surface area contributed by atoms with E-state index in [0.717, 1.165) is 46.2 Å². The number of rotatable bonds is 5. The second kappa shape index (κ2) is 8.67. The van der Waals surface area contributed by atoms with Crippen LogP contribution in [-0.2, 0) is 9.98 Å². The van der Waals surface area contributed by atoms with Gasteiger partial charge in [0.2, 0.25) is 5.52 Å². The molecule has 3 nitrogen and oxygen atoms in total. The normalized spacial score (nSPS) is 16.2. The molecule has 2 aromatic rings. The van der Waals surface area contributed by atoms with Crippen LogP contribution in [0.5, 0.6) is 0 Å². The minimum absolute atomic E-state index is 0.0393. The maximum absolute atomic E-state index is 13.9. The summed E-state index contributed by atoms with van der Waals surface area (Å²) < 4.78 is 13.9. The Hall–Kier alpha value is -2.12. The lowest BCUT2D eigenvalue weighted by Gasteiger charge is -2.28. The van der Waals surface area contributed by atoms with Gasteiger partial charge in [-0.15, -0.1) is 0 Å². The van der Waals surface area contributed by atoms with Gasteiger partial charge in [-0.25, -0.2) is 0 Å². The molecule has 0 heterocycles. The van der Waals surface area contributed by atoms with Gasteiger partial charge in [0.1, 0.15) is 5.16 Å². The first-order chi connectivity index (χ1) is 14.8. The predicted octanol–water partition coefficient (Wildman–Crippen LogP) is 7.69. The third-order valence-electron chi connectivity index (χ3n) is 6.94. The average molecular weight is 452 g/mol. The molecule has 32 heavy (non-hydrogen) atoms. The summed E-state index contributed by atoms with van der Waals surface area (Å²) in [4.78, 5) is 27.6. The summed E-state index contributed by atoms with van der Waals surface area (Å²) in [6.07, 6.45) is 2.67. The van der Waals surface area contributed by atoms with Crippen LogP contribution in [0.3, 0.4) is 0 Å². The summed E-state index contributed by atoms with van der Waals surface area (Å²) in [5, 5.41) is -1.10. The first kappa shape index (κ1) is 24.5. The smallest absolute Gasteiger partial charge is 0.243 e. The zero-order chi connectivity index (χ0) is 24.0. The third kappa shape index (κ3) is 4.25. The van der Waals surface area contributed by atoms with E-state index in [1.54, 1.807) is 0 Å². The molecule has 4 heteroatoms. The molecule has 1 radical (unpaired) electrons. The number of carbonyl (C=O) groups excluding carboxylic acids is 2. The molecule has 171 valence electrons. The molecule has 0 amide bonds. The second-order valence-corrected chi connectivity index (χ2v) is 12.5. The van der Waals surface area contributed by atoms with E-state index in [1.165, 1.54) is 0 Å². The quantitative estimate of drug-likeness (QED) is 0.346. The number of Topliss-reactive ketones (excluding diaryl/α,β-unsaturated/α-hetero) is 1. The van der Waals surface area contributed by atoms with Gasteiger partial charge in [0, 0.05) is 11.1 Å². The van der Waals surface area contributed by atoms with Crippen LogP contribution >= 0.6 is 7.80 Å². The second-order valence-electron chi connectivity index (χ2n) is 10.7. The number of carbonyl (C=O) groups is 2. The highest BCUT2D eigenvalue weighted by atomic mass is 31.1. The standard InChI is InChI=1S/C28H36O3P/c1-17-13-18(2)23(19(3)14-17)25(29)28(11-9-10-12-28)32(31)26(30)24-20(4)15-22(16-21(24)5)27(6,7)8/h13-16H,9-12H2,1-8H3. The molecular weight excluding hydrogens is 415 g/mol. The van der Waals surface area contributed by atoms with Crippen LogP contribution in [0.1, 0.15) is 101 Å². The lowest BCUT2D eigenvalue weighted by Crippen LogP contribution is -2.35. The lowest BCUT2D eigenvalue weighted by molar-refractivity contribution is 0.0930. The summed E-state index contributed by atoms with van der Waals surface area (Å²) >= 11 is 0. The summed E-state index contributed by atoms with van der Waals surface area (Å²) in [5.41, 5.74) is 6.49. The Labute approximate surface area is 193 Å². The zero-order valence-electron chi connectivity index (χ0n) is 20.8. The molecule has 0 aliphatic heterocycles. The maximum atomic E-state index is 13.9. The molecule has 1 aliphatic rings. The van der Waals surface area contributed by atoms with Crippen molar-refractivity contribution in [1.82, 2.24) is 0 Å². The Morgan fingerprint density at radius 1 is 0.781 bits per heavy atom. The van der Waals surface area contributed by atoms with Gasteiger partial charge in [0.05, 0.1) is 0 Å². The Morgan fingerprint density at radius 2 is 1.22 bits per heavy atom. The fourth-order valence-electron chi connectivity index (χ4n) is 5.28. The topological polar surface area (TPSA) is 51.2 Å². The van der Waals surface area contributed by atoms with E-state index in [0.29, 0.717) is 24.0 Å². The highest BCUT2D eigenvalue weighted by Gasteiger charge is 2.51. The first-order valence-electron chi connectivity index (χ1n) is 11.6. The summed E-state index contributed by atoms with van der Waals surface area (Å²) in [7, 11) is -2.41. The number of hydrogen-bond acceptors (Lipinski definition) is 3. The van der Waals surface area contributed by atoms with E-state index in [4.69, 9.17) is 0 Å². The fraction of sp³-hybridized carbons (Fsp3) is 0.500. The highest BCUT2D eigenvalue weighted by molar-refractivity contribution is 7.67. The van der Waals surface area contributed by atoms with Gasteiger partial charge in [-0.3, -0.25) is 14.2 Å². The first-order valence-corrected chi connectivity index (χ1v) is 12.8. The van der Waals surface area contributed by atoms with Crippen molar-refractivity contribution in [2.24, 2.45) is 0 Å². The Morgan fingerprint density at radius 3 is 1.66 bits per heavy atom. The van der Waals surface area contributed by atoms with Gasteiger partial charge >= 0.3 is 0 Å².